The van der Waals surface area contributed by atoms with Gasteiger partial charge in [0.1, 0.15) is 0 Å². The number of unbranched alkanes of at least 4 members (excludes halogenated alkanes) is 7. The number of aliphatic hydroxyl groups excluding tert-OH is 1. The molecule has 0 unspecified atom stereocenters. The molecule has 0 saturated heterocycles. The molecule has 0 aromatic carbocycles. The highest BCUT2D eigenvalue weighted by atomic mass is 16.3. The van der Waals surface area contributed by atoms with Gasteiger partial charge >= 0.3 is 0 Å². The van der Waals surface area contributed by atoms with Gasteiger partial charge in [0.2, 0.25) is 0 Å². The SMILES string of the molecule is CCCCCCCCC(CCO)(CCCC)CCCC. The van der Waals surface area contributed by atoms with E-state index in [1.807, 2.05) is 0 Å². The van der Waals surface area contributed by atoms with Crippen molar-refractivity contribution in [3.8, 4) is 0 Å². The van der Waals surface area contributed by atoms with Crippen LogP contribution in [-0.4, -0.2) is 11.7 Å². The molecule has 0 aromatic heterocycles. The predicted molar refractivity (Wildman–Crippen MR) is 91.2 cm³/mol. The first-order valence-electron chi connectivity index (χ1n) is 9.35. The van der Waals surface area contributed by atoms with Gasteiger partial charge in [0.25, 0.3) is 0 Å². The van der Waals surface area contributed by atoms with Crippen molar-refractivity contribution in [1.29, 1.82) is 0 Å². The highest BCUT2D eigenvalue weighted by Crippen LogP contribution is 2.39. The summed E-state index contributed by atoms with van der Waals surface area (Å²) in [7, 11) is 0. The van der Waals surface area contributed by atoms with Crippen LogP contribution in [0.1, 0.15) is 111 Å². The van der Waals surface area contributed by atoms with Crippen LogP contribution >= 0.6 is 0 Å². The Morgan fingerprint density at radius 2 is 1.00 bits per heavy atom. The Balaban J connectivity index is 4.17. The summed E-state index contributed by atoms with van der Waals surface area (Å²) in [6.07, 6.45) is 18.6. The molecule has 0 heterocycles. The van der Waals surface area contributed by atoms with Crippen molar-refractivity contribution in [2.45, 2.75) is 111 Å². The summed E-state index contributed by atoms with van der Waals surface area (Å²) in [6, 6.07) is 0. The molecule has 0 aliphatic heterocycles. The van der Waals surface area contributed by atoms with Crippen molar-refractivity contribution >= 4 is 0 Å². The Morgan fingerprint density at radius 1 is 0.550 bits per heavy atom. The quantitative estimate of drug-likeness (QED) is 0.341. The minimum absolute atomic E-state index is 0.378. The van der Waals surface area contributed by atoms with E-state index in [2.05, 4.69) is 20.8 Å². The third-order valence-corrected chi connectivity index (χ3v) is 4.82. The zero-order chi connectivity index (χ0) is 15.1. The van der Waals surface area contributed by atoms with Crippen molar-refractivity contribution in [3.05, 3.63) is 0 Å². The molecule has 1 heteroatoms. The predicted octanol–water partition coefficient (Wildman–Crippen LogP) is 6.49. The second-order valence-corrected chi connectivity index (χ2v) is 6.70. The molecule has 0 rings (SSSR count). The Bertz CT molecular complexity index is 180. The van der Waals surface area contributed by atoms with Gasteiger partial charge in [-0.3, -0.25) is 0 Å². The summed E-state index contributed by atoms with van der Waals surface area (Å²) in [4.78, 5) is 0. The molecule has 0 aliphatic carbocycles. The second kappa shape index (κ2) is 13.9. The Labute approximate surface area is 128 Å². The zero-order valence-corrected chi connectivity index (χ0v) is 14.6. The van der Waals surface area contributed by atoms with Crippen molar-refractivity contribution in [2.24, 2.45) is 5.41 Å². The van der Waals surface area contributed by atoms with Crippen LogP contribution in [0.15, 0.2) is 0 Å². The van der Waals surface area contributed by atoms with Gasteiger partial charge in [-0.05, 0) is 31.1 Å². The molecule has 0 radical (unpaired) electrons. The smallest absolute Gasteiger partial charge is 0.0436 e. The maximum atomic E-state index is 9.47. The normalized spacial score (nSPS) is 12.0. The lowest BCUT2D eigenvalue weighted by molar-refractivity contribution is 0.134. The number of rotatable bonds is 15. The fraction of sp³-hybridized carbons (Fsp3) is 1.00. The Kier molecular flexibility index (Phi) is 13.9. The molecule has 0 amide bonds. The largest absolute Gasteiger partial charge is 0.396 e. The van der Waals surface area contributed by atoms with Crippen LogP contribution in [0.4, 0.5) is 0 Å². The third kappa shape index (κ3) is 9.80. The summed E-state index contributed by atoms with van der Waals surface area (Å²) in [5.41, 5.74) is 0.450. The van der Waals surface area contributed by atoms with Crippen LogP contribution in [0.2, 0.25) is 0 Å². The lowest BCUT2D eigenvalue weighted by Crippen LogP contribution is -2.23. The maximum Gasteiger partial charge on any atom is 0.0436 e. The van der Waals surface area contributed by atoms with E-state index in [-0.39, 0.29) is 0 Å². The Hall–Kier alpha value is -0.0400. The molecule has 1 N–H and O–H groups in total. The van der Waals surface area contributed by atoms with E-state index in [4.69, 9.17) is 0 Å². The van der Waals surface area contributed by atoms with Gasteiger partial charge in [-0.1, -0.05) is 85.0 Å². The highest BCUT2D eigenvalue weighted by Gasteiger charge is 2.27. The van der Waals surface area contributed by atoms with Gasteiger partial charge in [0.05, 0.1) is 0 Å². The van der Waals surface area contributed by atoms with E-state index in [0.29, 0.717) is 12.0 Å². The maximum absolute atomic E-state index is 9.47. The van der Waals surface area contributed by atoms with E-state index in [1.165, 1.54) is 83.5 Å². The van der Waals surface area contributed by atoms with Crippen molar-refractivity contribution in [1.82, 2.24) is 0 Å². The van der Waals surface area contributed by atoms with E-state index in [1.54, 1.807) is 0 Å². The van der Waals surface area contributed by atoms with Gasteiger partial charge in [0.15, 0.2) is 0 Å². The Morgan fingerprint density at radius 3 is 1.50 bits per heavy atom. The minimum atomic E-state index is 0.378. The van der Waals surface area contributed by atoms with Gasteiger partial charge in [0, 0.05) is 6.61 Å². The molecule has 0 saturated carbocycles. The standard InChI is InChI=1S/C19H40O/c1-4-7-10-11-12-13-16-19(17-18-20,14-8-5-2)15-9-6-3/h20H,4-18H2,1-3H3. The highest BCUT2D eigenvalue weighted by molar-refractivity contribution is 4.79. The number of aliphatic hydroxyl groups is 1. The van der Waals surface area contributed by atoms with Crippen LogP contribution < -0.4 is 0 Å². The molecule has 122 valence electrons. The molecule has 0 spiro atoms. The monoisotopic (exact) mass is 284 g/mol. The molecule has 0 fully saturated rings. The first kappa shape index (κ1) is 20.0. The van der Waals surface area contributed by atoms with E-state index < -0.39 is 0 Å². The van der Waals surface area contributed by atoms with Crippen LogP contribution in [0, 0.1) is 5.41 Å². The molecule has 0 atom stereocenters. The average molecular weight is 285 g/mol. The van der Waals surface area contributed by atoms with Crippen molar-refractivity contribution < 1.29 is 5.11 Å². The van der Waals surface area contributed by atoms with Gasteiger partial charge in [-0.15, -0.1) is 0 Å². The fourth-order valence-electron chi connectivity index (χ4n) is 3.37. The molecule has 1 nitrogen and oxygen atoms in total. The number of hydrogen-bond acceptors (Lipinski definition) is 1. The molecule has 0 aromatic rings. The second-order valence-electron chi connectivity index (χ2n) is 6.70. The first-order valence-corrected chi connectivity index (χ1v) is 9.35. The van der Waals surface area contributed by atoms with Gasteiger partial charge in [-0.2, -0.15) is 0 Å². The summed E-state index contributed by atoms with van der Waals surface area (Å²) < 4.78 is 0. The van der Waals surface area contributed by atoms with E-state index in [0.717, 1.165) is 6.42 Å². The zero-order valence-electron chi connectivity index (χ0n) is 14.6. The molecular weight excluding hydrogens is 244 g/mol. The average Bonchev–Trinajstić information content (AvgIpc) is 2.46. The van der Waals surface area contributed by atoms with Crippen LogP contribution in [0.25, 0.3) is 0 Å². The molecular formula is C19H40O. The lowest BCUT2D eigenvalue weighted by atomic mass is 9.72. The van der Waals surface area contributed by atoms with Crippen LogP contribution in [-0.2, 0) is 0 Å². The topological polar surface area (TPSA) is 20.2 Å². The van der Waals surface area contributed by atoms with Gasteiger partial charge < -0.3 is 5.11 Å². The minimum Gasteiger partial charge on any atom is -0.396 e. The molecule has 0 bridgehead atoms. The third-order valence-electron chi connectivity index (χ3n) is 4.82. The van der Waals surface area contributed by atoms with Crippen molar-refractivity contribution in [2.75, 3.05) is 6.61 Å². The fourth-order valence-corrected chi connectivity index (χ4v) is 3.37. The summed E-state index contributed by atoms with van der Waals surface area (Å²) in [5.74, 6) is 0. The summed E-state index contributed by atoms with van der Waals surface area (Å²) in [6.45, 7) is 7.23. The van der Waals surface area contributed by atoms with Gasteiger partial charge in [-0.25, -0.2) is 0 Å². The van der Waals surface area contributed by atoms with E-state index in [9.17, 15) is 5.11 Å². The lowest BCUT2D eigenvalue weighted by Gasteiger charge is -2.34. The van der Waals surface area contributed by atoms with E-state index >= 15 is 0 Å². The summed E-state index contributed by atoms with van der Waals surface area (Å²) in [5, 5.41) is 9.47. The van der Waals surface area contributed by atoms with Crippen LogP contribution in [0.3, 0.4) is 0 Å². The first-order chi connectivity index (χ1) is 9.74. The summed E-state index contributed by atoms with van der Waals surface area (Å²) >= 11 is 0. The molecule has 0 aliphatic rings. The van der Waals surface area contributed by atoms with Crippen LogP contribution in [0.5, 0.6) is 0 Å². The van der Waals surface area contributed by atoms with Crippen molar-refractivity contribution in [3.63, 3.8) is 0 Å². The number of hydrogen-bond donors (Lipinski definition) is 1. The molecule has 20 heavy (non-hydrogen) atoms.